The van der Waals surface area contributed by atoms with Crippen molar-refractivity contribution in [2.24, 2.45) is 0 Å². The van der Waals surface area contributed by atoms with Crippen LogP contribution in [0, 0.1) is 6.92 Å². The first-order chi connectivity index (χ1) is 13.7. The molecule has 0 saturated heterocycles. The van der Waals surface area contributed by atoms with Gasteiger partial charge in [-0.05, 0) is 63.1 Å². The van der Waals surface area contributed by atoms with Crippen LogP contribution in [0.4, 0.5) is 5.69 Å². The van der Waals surface area contributed by atoms with E-state index in [1.165, 1.54) is 38.2 Å². The van der Waals surface area contributed by atoms with E-state index in [4.69, 9.17) is 4.74 Å². The Labute approximate surface area is 170 Å². The molecule has 0 aliphatic heterocycles. The number of rotatable bonds is 7. The van der Waals surface area contributed by atoms with Gasteiger partial charge in [-0.15, -0.1) is 0 Å². The lowest BCUT2D eigenvalue weighted by Gasteiger charge is -2.20. The zero-order valence-electron chi connectivity index (χ0n) is 16.6. The van der Waals surface area contributed by atoms with Gasteiger partial charge in [0.05, 0.1) is 16.1 Å². The number of hydrogen-bond acceptors (Lipinski definition) is 5. The van der Waals surface area contributed by atoms with Crippen molar-refractivity contribution in [2.75, 3.05) is 11.4 Å². The molecule has 0 bridgehead atoms. The first-order valence-corrected chi connectivity index (χ1v) is 10.8. The molecule has 2 aromatic rings. The summed E-state index contributed by atoms with van der Waals surface area (Å²) < 4.78 is 31.9. The zero-order valence-corrected chi connectivity index (χ0v) is 17.4. The molecule has 2 aromatic carbocycles. The number of esters is 1. The van der Waals surface area contributed by atoms with Crippen LogP contribution in [0.25, 0.3) is 0 Å². The van der Waals surface area contributed by atoms with E-state index >= 15 is 0 Å². The number of carbonyl (C=O) groups excluding carboxylic acids is 2. The van der Waals surface area contributed by atoms with Gasteiger partial charge in [0.1, 0.15) is 0 Å². The van der Waals surface area contributed by atoms with Gasteiger partial charge < -0.3 is 10.1 Å². The van der Waals surface area contributed by atoms with Gasteiger partial charge in [0.25, 0.3) is 15.9 Å². The summed E-state index contributed by atoms with van der Waals surface area (Å²) in [7, 11) is -2.26. The standard InChI is InChI=1S/C21H24N2O5S/c1-14-4-12-19(13-5-14)29(26,27)23(3)18-10-6-16(7-11-18)21(25)28-15(2)20(24)22-17-8-9-17/h4-7,10-13,15,17H,8-9H2,1-3H3,(H,22,24)/t15-/m1/s1. The molecule has 1 amide bonds. The second-order valence-electron chi connectivity index (χ2n) is 7.16. The van der Waals surface area contributed by atoms with E-state index in [2.05, 4.69) is 5.32 Å². The van der Waals surface area contributed by atoms with E-state index < -0.39 is 22.1 Å². The fraction of sp³-hybridized carbons (Fsp3) is 0.333. The molecule has 0 radical (unpaired) electrons. The van der Waals surface area contributed by atoms with Crippen molar-refractivity contribution in [3.63, 3.8) is 0 Å². The minimum Gasteiger partial charge on any atom is -0.449 e. The number of ether oxygens (including phenoxy) is 1. The Balaban J connectivity index is 1.67. The quantitative estimate of drug-likeness (QED) is 0.701. The van der Waals surface area contributed by atoms with Crippen molar-refractivity contribution in [3.05, 3.63) is 59.7 Å². The van der Waals surface area contributed by atoms with Crippen molar-refractivity contribution in [3.8, 4) is 0 Å². The topological polar surface area (TPSA) is 92.8 Å². The first kappa shape index (κ1) is 20.9. The van der Waals surface area contributed by atoms with Crippen LogP contribution in [0.5, 0.6) is 0 Å². The number of nitrogens with zero attached hydrogens (tertiary/aromatic N) is 1. The van der Waals surface area contributed by atoms with Gasteiger partial charge in [0.2, 0.25) is 0 Å². The van der Waals surface area contributed by atoms with E-state index in [0.717, 1.165) is 22.7 Å². The number of hydrogen-bond donors (Lipinski definition) is 1. The third-order valence-electron chi connectivity index (χ3n) is 4.72. The lowest BCUT2D eigenvalue weighted by atomic mass is 10.2. The smallest absolute Gasteiger partial charge is 0.338 e. The van der Waals surface area contributed by atoms with Crippen LogP contribution in [-0.4, -0.2) is 39.5 Å². The summed E-state index contributed by atoms with van der Waals surface area (Å²) in [4.78, 5) is 24.4. The summed E-state index contributed by atoms with van der Waals surface area (Å²) in [6, 6.07) is 12.8. The molecule has 1 N–H and O–H groups in total. The molecule has 1 aliphatic rings. The van der Waals surface area contributed by atoms with Gasteiger partial charge in [-0.1, -0.05) is 17.7 Å². The average Bonchev–Trinajstić information content (AvgIpc) is 3.51. The predicted molar refractivity (Wildman–Crippen MR) is 109 cm³/mol. The summed E-state index contributed by atoms with van der Waals surface area (Å²) in [5.74, 6) is -0.958. The van der Waals surface area contributed by atoms with Crippen molar-refractivity contribution in [2.45, 2.75) is 43.7 Å². The zero-order chi connectivity index (χ0) is 21.2. The third-order valence-corrected chi connectivity index (χ3v) is 6.52. The maximum absolute atomic E-state index is 12.8. The molecule has 29 heavy (non-hydrogen) atoms. The third kappa shape index (κ3) is 4.95. The van der Waals surface area contributed by atoms with E-state index in [0.29, 0.717) is 5.69 Å². The highest BCUT2D eigenvalue weighted by Crippen LogP contribution is 2.23. The van der Waals surface area contributed by atoms with Crippen LogP contribution in [0.2, 0.25) is 0 Å². The Morgan fingerprint density at radius 1 is 1.07 bits per heavy atom. The lowest BCUT2D eigenvalue weighted by Crippen LogP contribution is -2.37. The molecule has 7 nitrogen and oxygen atoms in total. The van der Waals surface area contributed by atoms with Crippen LogP contribution in [0.15, 0.2) is 53.4 Å². The second-order valence-corrected chi connectivity index (χ2v) is 9.13. The molecular formula is C21H24N2O5S. The van der Waals surface area contributed by atoms with Crippen molar-refractivity contribution >= 4 is 27.6 Å². The minimum absolute atomic E-state index is 0.185. The van der Waals surface area contributed by atoms with Gasteiger partial charge in [0.15, 0.2) is 6.10 Å². The molecule has 8 heteroatoms. The van der Waals surface area contributed by atoms with Gasteiger partial charge in [-0.3, -0.25) is 9.10 Å². The minimum atomic E-state index is -3.71. The first-order valence-electron chi connectivity index (χ1n) is 9.35. The monoisotopic (exact) mass is 416 g/mol. The number of sulfonamides is 1. The normalized spacial score (nSPS) is 14.7. The van der Waals surface area contributed by atoms with E-state index in [-0.39, 0.29) is 22.4 Å². The highest BCUT2D eigenvalue weighted by molar-refractivity contribution is 7.92. The Hall–Kier alpha value is -2.87. The SMILES string of the molecule is Cc1ccc(S(=O)(=O)N(C)c2ccc(C(=O)O[C@H](C)C(=O)NC3CC3)cc2)cc1. The molecule has 3 rings (SSSR count). The van der Waals surface area contributed by atoms with Crippen LogP contribution in [-0.2, 0) is 19.6 Å². The molecule has 1 aliphatic carbocycles. The van der Waals surface area contributed by atoms with Crippen molar-refractivity contribution in [1.82, 2.24) is 5.32 Å². The number of anilines is 1. The molecule has 0 aromatic heterocycles. The predicted octanol–water partition coefficient (Wildman–Crippen LogP) is 2.64. The highest BCUT2D eigenvalue weighted by Gasteiger charge is 2.27. The lowest BCUT2D eigenvalue weighted by molar-refractivity contribution is -0.129. The fourth-order valence-corrected chi connectivity index (χ4v) is 3.84. The second kappa shape index (κ2) is 8.24. The van der Waals surface area contributed by atoms with E-state index in [1.807, 2.05) is 6.92 Å². The Bertz CT molecular complexity index is 996. The van der Waals surface area contributed by atoms with Gasteiger partial charge in [-0.25, -0.2) is 13.2 Å². The molecule has 0 unspecified atom stereocenters. The van der Waals surface area contributed by atoms with Crippen LogP contribution >= 0.6 is 0 Å². The summed E-state index contributed by atoms with van der Waals surface area (Å²) in [5.41, 5.74) is 1.61. The van der Waals surface area contributed by atoms with E-state index in [1.54, 1.807) is 24.3 Å². The Morgan fingerprint density at radius 3 is 2.21 bits per heavy atom. The number of nitrogens with one attached hydrogen (secondary N) is 1. The van der Waals surface area contributed by atoms with Crippen molar-refractivity contribution < 1.29 is 22.7 Å². The molecular weight excluding hydrogens is 392 g/mol. The van der Waals surface area contributed by atoms with Gasteiger partial charge >= 0.3 is 5.97 Å². The molecule has 1 fully saturated rings. The maximum Gasteiger partial charge on any atom is 0.338 e. The molecule has 1 saturated carbocycles. The number of aryl methyl sites for hydroxylation is 1. The number of amides is 1. The number of benzene rings is 2. The summed E-state index contributed by atoms with van der Waals surface area (Å²) >= 11 is 0. The summed E-state index contributed by atoms with van der Waals surface area (Å²) in [5, 5.41) is 2.78. The van der Waals surface area contributed by atoms with Crippen LogP contribution in [0.1, 0.15) is 35.7 Å². The molecule has 154 valence electrons. The van der Waals surface area contributed by atoms with E-state index in [9.17, 15) is 18.0 Å². The Morgan fingerprint density at radius 2 is 1.66 bits per heavy atom. The summed E-state index contributed by atoms with van der Waals surface area (Å²) in [6.45, 7) is 3.40. The molecule has 0 heterocycles. The van der Waals surface area contributed by atoms with Crippen LogP contribution in [0.3, 0.4) is 0 Å². The molecule has 1 atom stereocenters. The Kier molecular flexibility index (Phi) is 5.93. The highest BCUT2D eigenvalue weighted by atomic mass is 32.2. The summed E-state index contributed by atoms with van der Waals surface area (Å²) in [6.07, 6.45) is 1.01. The molecule has 0 spiro atoms. The average molecular weight is 416 g/mol. The van der Waals surface area contributed by atoms with Crippen LogP contribution < -0.4 is 9.62 Å². The maximum atomic E-state index is 12.8. The fourth-order valence-electron chi connectivity index (χ4n) is 2.64. The number of carbonyl (C=O) groups is 2. The van der Waals surface area contributed by atoms with Crippen molar-refractivity contribution in [1.29, 1.82) is 0 Å². The van der Waals surface area contributed by atoms with Gasteiger partial charge in [-0.2, -0.15) is 0 Å². The largest absolute Gasteiger partial charge is 0.449 e. The van der Waals surface area contributed by atoms with Gasteiger partial charge in [0, 0.05) is 13.1 Å².